The highest BCUT2D eigenvalue weighted by Gasteiger charge is 2.17. The molecule has 0 atom stereocenters. The smallest absolute Gasteiger partial charge is 0.338 e. The number of carboxylic acid groups (broad SMARTS) is 1. The molecule has 1 aromatic rings. The molecule has 112 valence electrons. The minimum Gasteiger partial charge on any atom is -0.478 e. The summed E-state index contributed by atoms with van der Waals surface area (Å²) in [4.78, 5) is 13.7. The van der Waals surface area contributed by atoms with Gasteiger partial charge in [-0.1, -0.05) is 31.9 Å². The first-order valence-corrected chi connectivity index (χ1v) is 7.32. The quantitative estimate of drug-likeness (QED) is 0.565. The topological polar surface area (TPSA) is 66.6 Å². The summed E-state index contributed by atoms with van der Waals surface area (Å²) in [6.45, 7) is 8.07. The van der Waals surface area contributed by atoms with Crippen molar-refractivity contribution in [1.29, 1.82) is 0 Å². The molecular formula is C16H26N2O2. The second-order valence-electron chi connectivity index (χ2n) is 5.46. The number of rotatable bonds is 8. The van der Waals surface area contributed by atoms with Crippen LogP contribution in [0.25, 0.3) is 0 Å². The fourth-order valence-electron chi connectivity index (χ4n) is 2.32. The Hall–Kier alpha value is -1.55. The van der Waals surface area contributed by atoms with Gasteiger partial charge in [0, 0.05) is 18.3 Å². The Bertz CT molecular complexity index is 444. The zero-order valence-corrected chi connectivity index (χ0v) is 12.7. The van der Waals surface area contributed by atoms with Gasteiger partial charge >= 0.3 is 5.97 Å². The molecule has 0 saturated carbocycles. The first-order valence-electron chi connectivity index (χ1n) is 7.32. The molecule has 0 aliphatic rings. The summed E-state index contributed by atoms with van der Waals surface area (Å²) < 4.78 is 0. The number of hydrogen-bond acceptors (Lipinski definition) is 3. The van der Waals surface area contributed by atoms with Crippen LogP contribution in [-0.4, -0.2) is 28.6 Å². The number of nitrogen functional groups attached to an aromatic ring is 1. The van der Waals surface area contributed by atoms with Crippen LogP contribution in [0.5, 0.6) is 0 Å². The average molecular weight is 278 g/mol. The fraction of sp³-hybridized carbons (Fsp3) is 0.562. The Morgan fingerprint density at radius 2 is 2.05 bits per heavy atom. The van der Waals surface area contributed by atoms with E-state index in [4.69, 9.17) is 5.73 Å². The number of hydrogen-bond donors (Lipinski definition) is 2. The molecule has 4 heteroatoms. The van der Waals surface area contributed by atoms with Gasteiger partial charge in [-0.05, 0) is 38.4 Å². The first-order chi connectivity index (χ1) is 9.47. The molecule has 0 radical (unpaired) electrons. The van der Waals surface area contributed by atoms with E-state index in [0.29, 0.717) is 18.3 Å². The van der Waals surface area contributed by atoms with Crippen molar-refractivity contribution in [2.75, 3.05) is 12.3 Å². The van der Waals surface area contributed by atoms with E-state index < -0.39 is 5.97 Å². The standard InChI is InChI=1S/C16H26N2O2/c1-4-5-6-10-18(12(2)3)11-13-8-7-9-14(17)15(13)16(19)20/h7-9,12H,4-6,10-11,17H2,1-3H3,(H,19,20). The lowest BCUT2D eigenvalue weighted by atomic mass is 10.0. The Labute approximate surface area is 121 Å². The second-order valence-corrected chi connectivity index (χ2v) is 5.46. The van der Waals surface area contributed by atoms with Crippen molar-refractivity contribution in [2.45, 2.75) is 52.6 Å². The normalized spacial score (nSPS) is 11.2. The number of anilines is 1. The largest absolute Gasteiger partial charge is 0.478 e. The highest BCUT2D eigenvalue weighted by molar-refractivity contribution is 5.95. The molecule has 0 spiro atoms. The summed E-state index contributed by atoms with van der Waals surface area (Å²) in [5.41, 5.74) is 7.17. The fourth-order valence-corrected chi connectivity index (χ4v) is 2.32. The van der Waals surface area contributed by atoms with Gasteiger partial charge in [-0.15, -0.1) is 0 Å². The van der Waals surface area contributed by atoms with Crippen molar-refractivity contribution in [3.05, 3.63) is 29.3 Å². The van der Waals surface area contributed by atoms with Gasteiger partial charge in [0.15, 0.2) is 0 Å². The molecule has 0 aliphatic carbocycles. The van der Waals surface area contributed by atoms with Gasteiger partial charge in [0.25, 0.3) is 0 Å². The van der Waals surface area contributed by atoms with Crippen LogP contribution in [0.3, 0.4) is 0 Å². The number of unbranched alkanes of at least 4 members (excludes halogenated alkanes) is 2. The monoisotopic (exact) mass is 278 g/mol. The van der Waals surface area contributed by atoms with Crippen molar-refractivity contribution in [3.63, 3.8) is 0 Å². The third-order valence-corrected chi connectivity index (χ3v) is 3.55. The van der Waals surface area contributed by atoms with Gasteiger partial charge < -0.3 is 10.8 Å². The number of nitrogens with zero attached hydrogens (tertiary/aromatic N) is 1. The first kappa shape index (κ1) is 16.5. The van der Waals surface area contributed by atoms with Crippen molar-refractivity contribution in [2.24, 2.45) is 0 Å². The van der Waals surface area contributed by atoms with E-state index in [1.807, 2.05) is 12.1 Å². The number of carboxylic acids is 1. The molecule has 0 heterocycles. The summed E-state index contributed by atoms with van der Waals surface area (Å²) in [6, 6.07) is 5.70. The van der Waals surface area contributed by atoms with Crippen LogP contribution in [0, 0.1) is 0 Å². The Morgan fingerprint density at radius 1 is 1.35 bits per heavy atom. The van der Waals surface area contributed by atoms with Gasteiger partial charge in [-0.3, -0.25) is 4.90 Å². The number of carbonyl (C=O) groups is 1. The van der Waals surface area contributed by atoms with Crippen LogP contribution in [0.1, 0.15) is 56.0 Å². The summed E-state index contributed by atoms with van der Waals surface area (Å²) in [5, 5.41) is 9.31. The third-order valence-electron chi connectivity index (χ3n) is 3.55. The number of aromatic carboxylic acids is 1. The van der Waals surface area contributed by atoms with E-state index in [2.05, 4.69) is 25.7 Å². The maximum atomic E-state index is 11.4. The van der Waals surface area contributed by atoms with Crippen LogP contribution in [0.2, 0.25) is 0 Å². The van der Waals surface area contributed by atoms with Gasteiger partial charge in [-0.2, -0.15) is 0 Å². The molecule has 1 aromatic carbocycles. The summed E-state index contributed by atoms with van der Waals surface area (Å²) in [6.07, 6.45) is 3.52. The molecule has 4 nitrogen and oxygen atoms in total. The van der Waals surface area contributed by atoms with Crippen LogP contribution >= 0.6 is 0 Å². The Morgan fingerprint density at radius 3 is 2.60 bits per heavy atom. The van der Waals surface area contributed by atoms with Gasteiger partial charge in [-0.25, -0.2) is 4.79 Å². The van der Waals surface area contributed by atoms with Crippen LogP contribution in [0.4, 0.5) is 5.69 Å². The molecule has 1 rings (SSSR count). The maximum absolute atomic E-state index is 11.4. The van der Waals surface area contributed by atoms with Gasteiger partial charge in [0.2, 0.25) is 0 Å². The van der Waals surface area contributed by atoms with Gasteiger partial charge in [0.1, 0.15) is 0 Å². The van der Waals surface area contributed by atoms with Gasteiger partial charge in [0.05, 0.1) is 5.56 Å². The zero-order valence-electron chi connectivity index (χ0n) is 12.7. The highest BCUT2D eigenvalue weighted by atomic mass is 16.4. The lowest BCUT2D eigenvalue weighted by Crippen LogP contribution is -2.32. The summed E-state index contributed by atoms with van der Waals surface area (Å²) >= 11 is 0. The van der Waals surface area contributed by atoms with Crippen molar-refractivity contribution < 1.29 is 9.90 Å². The predicted molar refractivity (Wildman–Crippen MR) is 82.9 cm³/mol. The molecule has 0 aromatic heterocycles. The molecule has 0 aliphatic heterocycles. The summed E-state index contributed by atoms with van der Waals surface area (Å²) in [5.74, 6) is -0.949. The third kappa shape index (κ3) is 4.53. The SMILES string of the molecule is CCCCCN(Cc1cccc(N)c1C(=O)O)C(C)C. The van der Waals surface area contributed by atoms with E-state index in [1.54, 1.807) is 6.07 Å². The number of benzene rings is 1. The minimum absolute atomic E-state index is 0.244. The van der Waals surface area contributed by atoms with Crippen LogP contribution in [0.15, 0.2) is 18.2 Å². The van der Waals surface area contributed by atoms with E-state index in [1.165, 1.54) is 12.8 Å². The zero-order chi connectivity index (χ0) is 15.1. The lowest BCUT2D eigenvalue weighted by Gasteiger charge is -2.27. The Kier molecular flexibility index (Phi) is 6.52. The lowest BCUT2D eigenvalue weighted by molar-refractivity contribution is 0.0695. The van der Waals surface area contributed by atoms with Crippen molar-refractivity contribution in [1.82, 2.24) is 4.90 Å². The van der Waals surface area contributed by atoms with Crippen molar-refractivity contribution in [3.8, 4) is 0 Å². The molecule has 0 saturated heterocycles. The summed E-state index contributed by atoms with van der Waals surface area (Å²) in [7, 11) is 0. The molecule has 0 unspecified atom stereocenters. The maximum Gasteiger partial charge on any atom is 0.338 e. The minimum atomic E-state index is -0.949. The Balaban J connectivity index is 2.88. The predicted octanol–water partition coefficient (Wildman–Crippen LogP) is 3.37. The molecule has 3 N–H and O–H groups in total. The van der Waals surface area contributed by atoms with Crippen LogP contribution < -0.4 is 5.73 Å². The second kappa shape index (κ2) is 7.90. The van der Waals surface area contributed by atoms with E-state index in [-0.39, 0.29) is 5.56 Å². The number of nitrogens with two attached hydrogens (primary N) is 1. The van der Waals surface area contributed by atoms with Crippen LogP contribution in [-0.2, 0) is 6.54 Å². The molecule has 0 fully saturated rings. The van der Waals surface area contributed by atoms with Crippen molar-refractivity contribution >= 4 is 11.7 Å². The molecular weight excluding hydrogens is 252 g/mol. The average Bonchev–Trinajstić information content (AvgIpc) is 2.37. The molecule has 0 bridgehead atoms. The molecule has 20 heavy (non-hydrogen) atoms. The highest BCUT2D eigenvalue weighted by Crippen LogP contribution is 2.20. The van der Waals surface area contributed by atoms with E-state index in [9.17, 15) is 9.90 Å². The van der Waals surface area contributed by atoms with E-state index in [0.717, 1.165) is 18.5 Å². The molecule has 0 amide bonds. The van der Waals surface area contributed by atoms with E-state index >= 15 is 0 Å².